The number of carbonyl (C=O) groups is 3. The van der Waals surface area contributed by atoms with Gasteiger partial charge in [0.2, 0.25) is 0 Å². The predicted molar refractivity (Wildman–Crippen MR) is 181 cm³/mol. The van der Waals surface area contributed by atoms with E-state index in [4.69, 9.17) is 23.9 Å². The lowest BCUT2D eigenvalue weighted by Crippen LogP contribution is -2.45. The quantitative estimate of drug-likeness (QED) is 0.116. The fourth-order valence-corrected chi connectivity index (χ4v) is 6.10. The van der Waals surface area contributed by atoms with Crippen LogP contribution < -0.4 is 15.1 Å². The topological polar surface area (TPSA) is 150 Å². The molecule has 0 N–H and O–H groups in total. The molecule has 0 fully saturated rings. The normalized spacial score (nSPS) is 12.4. The van der Waals surface area contributed by atoms with Gasteiger partial charge in [-0.05, 0) is 120 Å². The zero-order valence-electron chi connectivity index (χ0n) is 29.7. The van der Waals surface area contributed by atoms with E-state index in [2.05, 4.69) is 6.07 Å². The first-order valence-electron chi connectivity index (χ1n) is 15.0. The molecule has 0 spiro atoms. The molecule has 0 aliphatic rings. The molecule has 0 aliphatic heterocycles. The average Bonchev–Trinajstić information content (AvgIpc) is 3.14. The lowest BCUT2D eigenvalue weighted by Gasteiger charge is -2.29. The molecule has 0 radical (unpaired) electrons. The lowest BCUT2D eigenvalue weighted by molar-refractivity contribution is 0.0203. The van der Waals surface area contributed by atoms with Gasteiger partial charge in [-0.3, -0.25) is 4.57 Å². The zero-order valence-corrected chi connectivity index (χ0v) is 30.6. The molecule has 0 unspecified atom stereocenters. The van der Waals surface area contributed by atoms with Gasteiger partial charge < -0.3 is 23.5 Å². The summed E-state index contributed by atoms with van der Waals surface area (Å²) in [6.45, 7) is 23.3. The number of ether oxygens (including phenoxy) is 4. The number of hydrogen-bond acceptors (Lipinski definition) is 10. The third kappa shape index (κ3) is 8.52. The number of benzene rings is 1. The number of rotatable bonds is 4. The fourth-order valence-electron chi connectivity index (χ4n) is 4.86. The van der Waals surface area contributed by atoms with Gasteiger partial charge >= 0.3 is 18.3 Å². The highest BCUT2D eigenvalue weighted by atomic mass is 31.2. The van der Waals surface area contributed by atoms with E-state index in [1.807, 2.05) is 0 Å². The highest BCUT2D eigenvalue weighted by molar-refractivity contribution is 7.70. The van der Waals surface area contributed by atoms with Crippen LogP contribution >= 0.6 is 7.14 Å². The standard InChI is InChI=1S/C34H45N4O8P/c1-19-15-16-24(43-31(41)46-34(10,11)12)21(3)25(19)37-26-22(17-20(2)27(36-26)47(13,14)42)23(18-35)28(37)38(29(39)44-32(4,5)6)30(40)45-33(7,8)9/h15-17H,1-14H3. The summed E-state index contributed by atoms with van der Waals surface area (Å²) in [7, 11) is -2.97. The number of nitriles is 1. The summed E-state index contributed by atoms with van der Waals surface area (Å²) in [4.78, 5) is 46.1. The Labute approximate surface area is 276 Å². The first-order chi connectivity index (χ1) is 21.3. The van der Waals surface area contributed by atoms with E-state index in [1.54, 1.807) is 115 Å². The van der Waals surface area contributed by atoms with E-state index >= 15 is 0 Å². The van der Waals surface area contributed by atoms with Gasteiger partial charge in [0.05, 0.1) is 5.69 Å². The van der Waals surface area contributed by atoms with Crippen molar-refractivity contribution in [3.05, 3.63) is 40.5 Å². The van der Waals surface area contributed by atoms with Crippen molar-refractivity contribution < 1.29 is 37.9 Å². The Balaban J connectivity index is 2.59. The van der Waals surface area contributed by atoms with Crippen molar-refractivity contribution in [1.82, 2.24) is 9.55 Å². The van der Waals surface area contributed by atoms with Gasteiger partial charge in [-0.1, -0.05) is 6.07 Å². The first kappa shape index (κ1) is 37.1. The predicted octanol–water partition coefficient (Wildman–Crippen LogP) is 8.06. The van der Waals surface area contributed by atoms with E-state index < -0.39 is 42.3 Å². The molecule has 2 heterocycles. The highest BCUT2D eigenvalue weighted by Gasteiger charge is 2.39. The van der Waals surface area contributed by atoms with Crippen molar-refractivity contribution in [2.24, 2.45) is 0 Å². The number of imide groups is 1. The molecule has 3 rings (SSSR count). The van der Waals surface area contributed by atoms with Crippen molar-refractivity contribution in [1.29, 1.82) is 5.26 Å². The number of hydrogen-bond donors (Lipinski definition) is 0. The molecule has 13 heteroatoms. The molecule has 1 aromatic carbocycles. The Hall–Kier alpha value is -4.36. The summed E-state index contributed by atoms with van der Waals surface area (Å²) >= 11 is 0. The van der Waals surface area contributed by atoms with Crippen LogP contribution in [0, 0.1) is 32.1 Å². The number of aromatic nitrogens is 2. The van der Waals surface area contributed by atoms with E-state index in [0.717, 1.165) is 0 Å². The van der Waals surface area contributed by atoms with Crippen LogP contribution in [0.5, 0.6) is 5.75 Å². The minimum Gasteiger partial charge on any atom is -0.443 e. The maximum absolute atomic E-state index is 14.0. The molecule has 0 saturated carbocycles. The highest BCUT2D eigenvalue weighted by Crippen LogP contribution is 2.42. The summed E-state index contributed by atoms with van der Waals surface area (Å²) in [5.74, 6) is -0.0889. The molecule has 2 aromatic heterocycles. The van der Waals surface area contributed by atoms with Gasteiger partial charge in [-0.2, -0.15) is 10.2 Å². The van der Waals surface area contributed by atoms with E-state index in [-0.39, 0.29) is 28.2 Å². The molecule has 254 valence electrons. The lowest BCUT2D eigenvalue weighted by atomic mass is 10.1. The molecular formula is C34H45N4O8P. The Morgan fingerprint density at radius 3 is 1.81 bits per heavy atom. The zero-order chi connectivity index (χ0) is 36.0. The number of fused-ring (bicyclic) bond motifs is 1. The van der Waals surface area contributed by atoms with Crippen molar-refractivity contribution in [2.45, 2.75) is 99.9 Å². The Kier molecular flexibility index (Phi) is 10.0. The first-order valence-corrected chi connectivity index (χ1v) is 17.6. The van der Waals surface area contributed by atoms with Crippen molar-refractivity contribution in [3.8, 4) is 17.5 Å². The summed E-state index contributed by atoms with van der Waals surface area (Å²) in [6.07, 6.45) is -3.14. The second kappa shape index (κ2) is 12.7. The van der Waals surface area contributed by atoms with E-state index in [0.29, 0.717) is 32.7 Å². The number of anilines is 1. The monoisotopic (exact) mass is 668 g/mol. The molecule has 47 heavy (non-hydrogen) atoms. The van der Waals surface area contributed by atoms with Crippen LogP contribution in [-0.2, 0) is 18.8 Å². The molecule has 12 nitrogen and oxygen atoms in total. The van der Waals surface area contributed by atoms with Crippen LogP contribution in [0.1, 0.15) is 84.6 Å². The van der Waals surface area contributed by atoms with Crippen LogP contribution in [0.4, 0.5) is 20.2 Å². The second-order valence-electron chi connectivity index (χ2n) is 14.7. The Morgan fingerprint density at radius 1 is 0.851 bits per heavy atom. The smallest absolute Gasteiger partial charge is 0.443 e. The maximum Gasteiger partial charge on any atom is 0.514 e. The molecule has 2 amide bonds. The van der Waals surface area contributed by atoms with Gasteiger partial charge in [0.15, 0.2) is 5.82 Å². The van der Waals surface area contributed by atoms with E-state index in [1.165, 1.54) is 4.57 Å². The summed E-state index contributed by atoms with van der Waals surface area (Å²) < 4.78 is 37.2. The van der Waals surface area contributed by atoms with Gasteiger partial charge in [-0.25, -0.2) is 19.4 Å². The molecule has 3 aromatic rings. The molecule has 0 bridgehead atoms. The largest absolute Gasteiger partial charge is 0.514 e. The van der Waals surface area contributed by atoms with Gasteiger partial charge in [0.1, 0.15) is 52.4 Å². The SMILES string of the molecule is Cc1cc2c(C#N)c(N(C(=O)OC(C)(C)C)C(=O)OC(C)(C)C)n(-c3c(C)ccc(OC(=O)OC(C)(C)C)c3C)c2nc1P(C)(C)=O. The van der Waals surface area contributed by atoms with Gasteiger partial charge in [0, 0.05) is 10.9 Å². The Morgan fingerprint density at radius 2 is 1.36 bits per heavy atom. The van der Waals surface area contributed by atoms with Crippen LogP contribution in [0.25, 0.3) is 16.7 Å². The molecular weight excluding hydrogens is 623 g/mol. The van der Waals surface area contributed by atoms with Crippen molar-refractivity contribution in [2.75, 3.05) is 18.2 Å². The fraction of sp³-hybridized carbons (Fsp3) is 0.500. The number of pyridine rings is 1. The van der Waals surface area contributed by atoms with Crippen molar-refractivity contribution >= 4 is 47.8 Å². The third-order valence-corrected chi connectivity index (χ3v) is 7.93. The number of aryl methyl sites for hydroxylation is 2. The number of carbonyl (C=O) groups excluding carboxylic acids is 3. The molecule has 0 saturated heterocycles. The maximum atomic E-state index is 14.0. The molecule has 0 aliphatic carbocycles. The van der Waals surface area contributed by atoms with Gasteiger partial charge in [0.25, 0.3) is 0 Å². The minimum atomic E-state index is -2.97. The summed E-state index contributed by atoms with van der Waals surface area (Å²) in [6, 6.07) is 7.07. The van der Waals surface area contributed by atoms with E-state index in [9.17, 15) is 24.2 Å². The third-order valence-electron chi connectivity index (χ3n) is 6.46. The number of nitrogens with zero attached hydrogens (tertiary/aromatic N) is 4. The summed E-state index contributed by atoms with van der Waals surface area (Å²) in [5.41, 5.74) is -0.634. The van der Waals surface area contributed by atoms with Crippen molar-refractivity contribution in [3.63, 3.8) is 0 Å². The number of amides is 2. The van der Waals surface area contributed by atoms with Crippen LogP contribution in [0.3, 0.4) is 0 Å². The Bertz CT molecular complexity index is 1820. The average molecular weight is 669 g/mol. The summed E-state index contributed by atoms with van der Waals surface area (Å²) in [5, 5.41) is 10.9. The van der Waals surface area contributed by atoms with Gasteiger partial charge in [-0.15, -0.1) is 0 Å². The van der Waals surface area contributed by atoms with Crippen LogP contribution in [-0.4, -0.2) is 58.0 Å². The second-order valence-corrected chi connectivity index (χ2v) is 17.8. The van der Waals surface area contributed by atoms with Crippen LogP contribution in [0.2, 0.25) is 0 Å². The minimum absolute atomic E-state index is 0.0850. The molecule has 0 atom stereocenters. The van der Waals surface area contributed by atoms with Crippen LogP contribution in [0.15, 0.2) is 18.2 Å².